The second-order valence-electron chi connectivity index (χ2n) is 8.13. The smallest absolute Gasteiger partial charge is 0.243 e. The third-order valence-electron chi connectivity index (χ3n) is 5.64. The van der Waals surface area contributed by atoms with Crippen molar-refractivity contribution in [1.29, 1.82) is 0 Å². The molecule has 0 saturated heterocycles. The van der Waals surface area contributed by atoms with Crippen LogP contribution in [-0.4, -0.2) is 80.5 Å². The van der Waals surface area contributed by atoms with Crippen LogP contribution in [0.2, 0.25) is 0 Å². The van der Waals surface area contributed by atoms with Crippen molar-refractivity contribution >= 4 is 28.5 Å². The molecule has 2 atom stereocenters. The summed E-state index contributed by atoms with van der Waals surface area (Å²) in [4.78, 5) is 12.0. The molecular formula is C25H30FN7O6S. The van der Waals surface area contributed by atoms with E-state index in [1.54, 1.807) is 36.4 Å². The van der Waals surface area contributed by atoms with Gasteiger partial charge in [-0.15, -0.1) is 10.2 Å². The van der Waals surface area contributed by atoms with Gasteiger partial charge in [0.2, 0.25) is 21.9 Å². The SMILES string of the molecule is C=N/C(=N\C=C(/C)F)[C@@H](OC)[C@@H](C)S(=O)(=O)Nc1nnc(-c2cccc(OC)n2)n1-c1c(OC)cccc1OC. The van der Waals surface area contributed by atoms with Crippen molar-refractivity contribution in [2.24, 2.45) is 9.98 Å². The number of allylic oxidation sites excluding steroid dienone is 1. The molecule has 13 nitrogen and oxygen atoms in total. The van der Waals surface area contributed by atoms with E-state index in [2.05, 4.69) is 36.6 Å². The first-order valence-corrected chi connectivity index (χ1v) is 13.3. The summed E-state index contributed by atoms with van der Waals surface area (Å²) in [6.07, 6.45) is -0.317. The summed E-state index contributed by atoms with van der Waals surface area (Å²) < 4.78 is 66.1. The topological polar surface area (TPSA) is 151 Å². The predicted octanol–water partition coefficient (Wildman–Crippen LogP) is 3.43. The Morgan fingerprint density at radius 2 is 1.73 bits per heavy atom. The van der Waals surface area contributed by atoms with Gasteiger partial charge in [-0.25, -0.2) is 27.8 Å². The third kappa shape index (κ3) is 6.43. The number of sulfonamides is 1. The zero-order chi connectivity index (χ0) is 29.4. The Bertz CT molecular complexity index is 1500. The zero-order valence-electron chi connectivity index (χ0n) is 22.8. The molecular weight excluding hydrogens is 545 g/mol. The Morgan fingerprint density at radius 1 is 1.07 bits per heavy atom. The van der Waals surface area contributed by atoms with Gasteiger partial charge in [0.25, 0.3) is 0 Å². The van der Waals surface area contributed by atoms with Crippen LogP contribution >= 0.6 is 0 Å². The van der Waals surface area contributed by atoms with Gasteiger partial charge in [-0.1, -0.05) is 12.1 Å². The molecule has 2 heterocycles. The Kier molecular flexibility index (Phi) is 9.90. The lowest BCUT2D eigenvalue weighted by Crippen LogP contribution is -2.41. The van der Waals surface area contributed by atoms with Crippen molar-refractivity contribution < 1.29 is 31.8 Å². The predicted molar refractivity (Wildman–Crippen MR) is 149 cm³/mol. The number of nitrogens with one attached hydrogen (secondary N) is 1. The number of amidine groups is 1. The van der Waals surface area contributed by atoms with Crippen LogP contribution in [0.3, 0.4) is 0 Å². The summed E-state index contributed by atoms with van der Waals surface area (Å²) in [5.74, 6) is 0.200. The Balaban J connectivity index is 2.20. The Hall–Kier alpha value is -4.37. The first-order valence-electron chi connectivity index (χ1n) is 11.7. The largest absolute Gasteiger partial charge is 0.494 e. The molecule has 0 fully saturated rings. The van der Waals surface area contributed by atoms with E-state index in [1.807, 2.05) is 0 Å². The molecule has 0 radical (unpaired) electrons. The van der Waals surface area contributed by atoms with E-state index < -0.39 is 27.2 Å². The van der Waals surface area contributed by atoms with Crippen molar-refractivity contribution in [3.05, 3.63) is 48.4 Å². The number of anilines is 1. The summed E-state index contributed by atoms with van der Waals surface area (Å²) in [5.41, 5.74) is 0.635. The van der Waals surface area contributed by atoms with Gasteiger partial charge in [0.05, 0.1) is 27.5 Å². The molecule has 1 N–H and O–H groups in total. The summed E-state index contributed by atoms with van der Waals surface area (Å²) in [7, 11) is 1.38. The van der Waals surface area contributed by atoms with E-state index in [4.69, 9.17) is 18.9 Å². The average molecular weight is 576 g/mol. The van der Waals surface area contributed by atoms with Crippen LogP contribution < -0.4 is 18.9 Å². The molecule has 0 bridgehead atoms. The molecule has 0 spiro atoms. The number of benzene rings is 1. The molecule has 0 unspecified atom stereocenters. The molecule has 15 heteroatoms. The fraction of sp³-hybridized carbons (Fsp3) is 0.320. The second-order valence-corrected chi connectivity index (χ2v) is 10.2. The number of nitrogens with zero attached hydrogens (tertiary/aromatic N) is 6. The van der Waals surface area contributed by atoms with E-state index in [0.717, 1.165) is 6.20 Å². The number of aliphatic imine (C=N–C) groups is 2. The molecule has 0 aliphatic rings. The van der Waals surface area contributed by atoms with Gasteiger partial charge in [-0.05, 0) is 38.8 Å². The fourth-order valence-corrected chi connectivity index (χ4v) is 4.81. The summed E-state index contributed by atoms with van der Waals surface area (Å²) in [6, 6.07) is 10.1. The standard InChI is InChI=1S/C25H30FN7O6S/c1-15(26)14-28-23(27-3)22(39-7)16(2)40(34,35)32-25-31-30-24(17-10-8-13-20(29-17)38-6)33(25)21-18(36-4)11-9-12-19(21)37-5/h8-14,16,22H,3H2,1-2,4-7H3,(H,31,32)/b15-14+,28-23-/t16-,22+/m1/s1. The van der Waals surface area contributed by atoms with Crippen LogP contribution in [0.5, 0.6) is 17.4 Å². The zero-order valence-corrected chi connectivity index (χ0v) is 23.6. The first-order chi connectivity index (χ1) is 19.1. The number of halogens is 1. The molecule has 0 amide bonds. The molecule has 0 saturated carbocycles. The highest BCUT2D eigenvalue weighted by Crippen LogP contribution is 2.37. The van der Waals surface area contributed by atoms with Crippen LogP contribution in [-0.2, 0) is 14.8 Å². The highest BCUT2D eigenvalue weighted by molar-refractivity contribution is 7.93. The van der Waals surface area contributed by atoms with E-state index >= 15 is 0 Å². The second kappa shape index (κ2) is 13.1. The highest BCUT2D eigenvalue weighted by atomic mass is 32.2. The average Bonchev–Trinajstić information content (AvgIpc) is 3.36. The molecule has 0 aliphatic carbocycles. The lowest BCUT2D eigenvalue weighted by Gasteiger charge is -2.23. The third-order valence-corrected chi connectivity index (χ3v) is 7.34. The van der Waals surface area contributed by atoms with E-state index in [-0.39, 0.29) is 17.6 Å². The molecule has 1 aromatic carbocycles. The van der Waals surface area contributed by atoms with Crippen molar-refractivity contribution in [2.45, 2.75) is 25.2 Å². The van der Waals surface area contributed by atoms with Crippen LogP contribution in [0.1, 0.15) is 13.8 Å². The fourth-order valence-electron chi connectivity index (χ4n) is 3.68. The number of para-hydroxylation sites is 1. The van der Waals surface area contributed by atoms with Gasteiger partial charge in [0.15, 0.2) is 11.7 Å². The molecule has 2 aromatic heterocycles. The van der Waals surface area contributed by atoms with Gasteiger partial charge >= 0.3 is 0 Å². The quantitative estimate of drug-likeness (QED) is 0.253. The van der Waals surface area contributed by atoms with Crippen molar-refractivity contribution in [2.75, 3.05) is 33.2 Å². The van der Waals surface area contributed by atoms with Crippen LogP contribution in [0, 0.1) is 0 Å². The van der Waals surface area contributed by atoms with E-state index in [1.165, 1.54) is 46.9 Å². The molecule has 3 rings (SSSR count). The molecule has 3 aromatic rings. The van der Waals surface area contributed by atoms with E-state index in [9.17, 15) is 12.8 Å². The monoisotopic (exact) mass is 575 g/mol. The number of pyridine rings is 1. The highest BCUT2D eigenvalue weighted by Gasteiger charge is 2.35. The van der Waals surface area contributed by atoms with Gasteiger partial charge in [0, 0.05) is 13.2 Å². The minimum Gasteiger partial charge on any atom is -0.494 e. The maximum absolute atomic E-state index is 13.6. The lowest BCUT2D eigenvalue weighted by molar-refractivity contribution is 0.154. The minimum absolute atomic E-state index is 0.133. The number of methoxy groups -OCH3 is 4. The lowest BCUT2D eigenvalue weighted by atomic mass is 10.2. The van der Waals surface area contributed by atoms with Crippen molar-refractivity contribution in [3.8, 4) is 34.6 Å². The maximum Gasteiger partial charge on any atom is 0.243 e. The maximum atomic E-state index is 13.6. The van der Waals surface area contributed by atoms with Crippen LogP contribution in [0.25, 0.3) is 17.2 Å². The first kappa shape index (κ1) is 30.2. The normalized spacial score (nSPS) is 13.9. The molecule has 0 aliphatic heterocycles. The molecule has 40 heavy (non-hydrogen) atoms. The number of rotatable bonds is 12. The summed E-state index contributed by atoms with van der Waals surface area (Å²) in [5, 5.41) is 7.05. The van der Waals surface area contributed by atoms with Gasteiger partial charge in [-0.3, -0.25) is 9.29 Å². The Morgan fingerprint density at radius 3 is 2.27 bits per heavy atom. The summed E-state index contributed by atoms with van der Waals surface area (Å²) in [6.45, 7) is 5.96. The Labute approximate surface area is 231 Å². The number of hydrogen-bond acceptors (Lipinski definition) is 10. The molecule has 214 valence electrons. The van der Waals surface area contributed by atoms with Crippen molar-refractivity contribution in [3.63, 3.8) is 0 Å². The van der Waals surface area contributed by atoms with E-state index in [0.29, 0.717) is 28.8 Å². The summed E-state index contributed by atoms with van der Waals surface area (Å²) >= 11 is 0. The minimum atomic E-state index is -4.28. The van der Waals surface area contributed by atoms with Crippen LogP contribution in [0.15, 0.2) is 58.4 Å². The van der Waals surface area contributed by atoms with Gasteiger partial charge in [0.1, 0.15) is 40.1 Å². The number of hydrogen-bond donors (Lipinski definition) is 1. The number of ether oxygens (including phenoxy) is 4. The van der Waals surface area contributed by atoms with Crippen molar-refractivity contribution in [1.82, 2.24) is 19.7 Å². The van der Waals surface area contributed by atoms with Gasteiger partial charge < -0.3 is 18.9 Å². The van der Waals surface area contributed by atoms with Gasteiger partial charge in [-0.2, -0.15) is 0 Å². The number of aromatic nitrogens is 4. The van der Waals surface area contributed by atoms with Crippen LogP contribution in [0.4, 0.5) is 10.3 Å².